The zero-order valence-corrected chi connectivity index (χ0v) is 11.3. The first kappa shape index (κ1) is 13.2. The summed E-state index contributed by atoms with van der Waals surface area (Å²) in [6.45, 7) is 2.48. The molecule has 1 aromatic rings. The minimum atomic E-state index is -0.133. The third-order valence-electron chi connectivity index (χ3n) is 3.68. The molecule has 1 aliphatic rings. The third-order valence-corrected chi connectivity index (χ3v) is 3.87. The van der Waals surface area contributed by atoms with Gasteiger partial charge in [-0.15, -0.1) is 11.6 Å². The molecule has 1 aliphatic carbocycles. The number of phenols is 1. The van der Waals surface area contributed by atoms with Crippen molar-refractivity contribution in [2.45, 2.75) is 26.2 Å². The average Bonchev–Trinajstić information content (AvgIpc) is 3.11. The fraction of sp³-hybridized carbons (Fsp3) is 0.500. The molecule has 0 atom stereocenters. The van der Waals surface area contributed by atoms with Gasteiger partial charge in [-0.25, -0.2) is 0 Å². The van der Waals surface area contributed by atoms with E-state index in [0.29, 0.717) is 18.0 Å². The van der Waals surface area contributed by atoms with Crippen LogP contribution in [0.3, 0.4) is 0 Å². The Labute approximate surface area is 112 Å². The topological polar surface area (TPSA) is 49.3 Å². The molecule has 1 amide bonds. The van der Waals surface area contributed by atoms with Gasteiger partial charge in [-0.3, -0.25) is 4.79 Å². The van der Waals surface area contributed by atoms with Crippen LogP contribution in [0.4, 0.5) is 0 Å². The summed E-state index contributed by atoms with van der Waals surface area (Å²) in [5, 5.41) is 12.5. The van der Waals surface area contributed by atoms with E-state index in [1.807, 2.05) is 0 Å². The Bertz CT molecular complexity index is 455. The summed E-state index contributed by atoms with van der Waals surface area (Å²) in [4.78, 5) is 11.9. The van der Waals surface area contributed by atoms with Crippen LogP contribution in [0.15, 0.2) is 18.2 Å². The van der Waals surface area contributed by atoms with Crippen LogP contribution in [0.2, 0.25) is 0 Å². The third kappa shape index (κ3) is 2.96. The zero-order chi connectivity index (χ0) is 13.2. The highest BCUT2D eigenvalue weighted by Crippen LogP contribution is 2.48. The van der Waals surface area contributed by atoms with Crippen molar-refractivity contribution in [1.29, 1.82) is 0 Å². The number of amides is 1. The predicted octanol–water partition coefficient (Wildman–Crippen LogP) is 2.84. The number of hydrogen-bond donors (Lipinski definition) is 2. The van der Waals surface area contributed by atoms with Crippen molar-refractivity contribution in [3.05, 3.63) is 29.3 Å². The van der Waals surface area contributed by atoms with E-state index in [9.17, 15) is 9.90 Å². The van der Waals surface area contributed by atoms with Gasteiger partial charge in [-0.1, -0.05) is 6.07 Å². The van der Waals surface area contributed by atoms with Crippen molar-refractivity contribution in [3.63, 3.8) is 0 Å². The Morgan fingerprint density at radius 1 is 1.50 bits per heavy atom. The summed E-state index contributed by atoms with van der Waals surface area (Å²) in [7, 11) is 0. The van der Waals surface area contributed by atoms with Crippen LogP contribution in [0.1, 0.15) is 35.2 Å². The number of carbonyl (C=O) groups excluding carboxylic acids is 1. The Balaban J connectivity index is 1.93. The van der Waals surface area contributed by atoms with E-state index in [1.165, 1.54) is 6.07 Å². The van der Waals surface area contributed by atoms with E-state index in [-0.39, 0.29) is 17.1 Å². The highest BCUT2D eigenvalue weighted by molar-refractivity contribution is 6.17. The van der Waals surface area contributed by atoms with Gasteiger partial charge in [-0.2, -0.15) is 0 Å². The number of rotatable bonds is 5. The second kappa shape index (κ2) is 5.19. The minimum Gasteiger partial charge on any atom is -0.508 e. The van der Waals surface area contributed by atoms with E-state index < -0.39 is 0 Å². The lowest BCUT2D eigenvalue weighted by molar-refractivity contribution is 0.0944. The largest absolute Gasteiger partial charge is 0.508 e. The lowest BCUT2D eigenvalue weighted by Crippen LogP contribution is -2.30. The van der Waals surface area contributed by atoms with Gasteiger partial charge >= 0.3 is 0 Å². The molecule has 0 aromatic heterocycles. The zero-order valence-electron chi connectivity index (χ0n) is 10.5. The maximum absolute atomic E-state index is 11.9. The number of phenolic OH excluding ortho intramolecular Hbond substituents is 1. The Morgan fingerprint density at radius 3 is 2.78 bits per heavy atom. The number of aryl methyl sites for hydroxylation is 1. The number of alkyl halides is 1. The fourth-order valence-electron chi connectivity index (χ4n) is 2.01. The quantitative estimate of drug-likeness (QED) is 0.806. The number of halogens is 1. The average molecular weight is 268 g/mol. The van der Waals surface area contributed by atoms with Crippen LogP contribution < -0.4 is 5.32 Å². The minimum absolute atomic E-state index is 0.133. The summed E-state index contributed by atoms with van der Waals surface area (Å²) in [6, 6.07) is 4.98. The van der Waals surface area contributed by atoms with Gasteiger partial charge in [0.2, 0.25) is 0 Å². The maximum atomic E-state index is 11.9. The molecular formula is C14H18ClNO2. The molecule has 98 valence electrons. The standard InChI is InChI=1S/C14H18ClNO2/c1-10-2-3-11(8-12(10)17)13(18)16-9-14(4-5-14)6-7-15/h2-3,8,17H,4-7,9H2,1H3,(H,16,18). The van der Waals surface area contributed by atoms with E-state index in [2.05, 4.69) is 5.32 Å². The molecule has 4 heteroatoms. The van der Waals surface area contributed by atoms with Gasteiger partial charge in [0.05, 0.1) is 0 Å². The van der Waals surface area contributed by atoms with Crippen LogP contribution in [-0.4, -0.2) is 23.4 Å². The molecule has 2 N–H and O–H groups in total. The van der Waals surface area contributed by atoms with Gasteiger partial charge < -0.3 is 10.4 Å². The Morgan fingerprint density at radius 2 is 2.22 bits per heavy atom. The summed E-state index contributed by atoms with van der Waals surface area (Å²) in [5.41, 5.74) is 1.50. The highest BCUT2D eigenvalue weighted by Gasteiger charge is 2.41. The van der Waals surface area contributed by atoms with Crippen molar-refractivity contribution >= 4 is 17.5 Å². The fourth-order valence-corrected chi connectivity index (χ4v) is 2.41. The number of hydrogen-bond acceptors (Lipinski definition) is 2. The van der Waals surface area contributed by atoms with Gasteiger partial charge in [0.25, 0.3) is 5.91 Å². The van der Waals surface area contributed by atoms with Crippen LogP contribution in [0, 0.1) is 12.3 Å². The second-order valence-corrected chi connectivity index (χ2v) is 5.50. The van der Waals surface area contributed by atoms with Crippen molar-refractivity contribution in [1.82, 2.24) is 5.32 Å². The van der Waals surface area contributed by atoms with Crippen LogP contribution in [0.25, 0.3) is 0 Å². The molecule has 18 heavy (non-hydrogen) atoms. The molecule has 0 unspecified atom stereocenters. The van der Waals surface area contributed by atoms with Crippen molar-refractivity contribution in [3.8, 4) is 5.75 Å². The Hall–Kier alpha value is -1.22. The van der Waals surface area contributed by atoms with E-state index in [1.54, 1.807) is 19.1 Å². The molecule has 1 saturated carbocycles. The molecule has 0 heterocycles. The molecular weight excluding hydrogens is 250 g/mol. The summed E-state index contributed by atoms with van der Waals surface area (Å²) < 4.78 is 0. The monoisotopic (exact) mass is 267 g/mol. The van der Waals surface area contributed by atoms with E-state index in [4.69, 9.17) is 11.6 Å². The number of benzene rings is 1. The number of aromatic hydroxyl groups is 1. The molecule has 3 nitrogen and oxygen atoms in total. The van der Waals surface area contributed by atoms with Crippen LogP contribution in [-0.2, 0) is 0 Å². The molecule has 0 aliphatic heterocycles. The first-order valence-corrected chi connectivity index (χ1v) is 6.74. The molecule has 0 spiro atoms. The molecule has 2 rings (SSSR count). The van der Waals surface area contributed by atoms with Crippen LogP contribution >= 0.6 is 11.6 Å². The first-order chi connectivity index (χ1) is 8.56. The number of carbonyl (C=O) groups is 1. The predicted molar refractivity (Wildman–Crippen MR) is 72.2 cm³/mol. The van der Waals surface area contributed by atoms with Gasteiger partial charge in [0.15, 0.2) is 0 Å². The molecule has 1 aromatic carbocycles. The molecule has 0 saturated heterocycles. The maximum Gasteiger partial charge on any atom is 0.251 e. The highest BCUT2D eigenvalue weighted by atomic mass is 35.5. The van der Waals surface area contributed by atoms with Crippen molar-refractivity contribution in [2.24, 2.45) is 5.41 Å². The van der Waals surface area contributed by atoms with Gasteiger partial charge in [-0.05, 0) is 49.3 Å². The smallest absolute Gasteiger partial charge is 0.251 e. The van der Waals surface area contributed by atoms with Crippen molar-refractivity contribution in [2.75, 3.05) is 12.4 Å². The second-order valence-electron chi connectivity index (χ2n) is 5.12. The lowest BCUT2D eigenvalue weighted by Gasteiger charge is -2.14. The molecule has 0 bridgehead atoms. The first-order valence-electron chi connectivity index (χ1n) is 6.20. The van der Waals surface area contributed by atoms with E-state index >= 15 is 0 Å². The van der Waals surface area contributed by atoms with Gasteiger partial charge in [0.1, 0.15) is 5.75 Å². The van der Waals surface area contributed by atoms with Crippen molar-refractivity contribution < 1.29 is 9.90 Å². The van der Waals surface area contributed by atoms with Crippen LogP contribution in [0.5, 0.6) is 5.75 Å². The molecule has 1 fully saturated rings. The summed E-state index contributed by atoms with van der Waals surface area (Å²) in [5.74, 6) is 0.664. The Kier molecular flexibility index (Phi) is 3.81. The normalized spacial score (nSPS) is 16.3. The number of nitrogens with one attached hydrogen (secondary N) is 1. The lowest BCUT2D eigenvalue weighted by atomic mass is 10.0. The summed E-state index contributed by atoms with van der Waals surface area (Å²) >= 11 is 5.75. The van der Waals surface area contributed by atoms with Gasteiger partial charge in [0, 0.05) is 18.0 Å². The summed E-state index contributed by atoms with van der Waals surface area (Å²) in [6.07, 6.45) is 3.23. The SMILES string of the molecule is Cc1ccc(C(=O)NCC2(CCCl)CC2)cc1O. The molecule has 0 radical (unpaired) electrons. The van der Waals surface area contributed by atoms with E-state index in [0.717, 1.165) is 24.8 Å².